The van der Waals surface area contributed by atoms with Gasteiger partial charge in [0.05, 0.1) is 11.9 Å². The molecule has 2 rings (SSSR count). The number of hydrogen-bond donors (Lipinski definition) is 1. The van der Waals surface area contributed by atoms with Gasteiger partial charge >= 0.3 is 0 Å². The van der Waals surface area contributed by atoms with Crippen molar-refractivity contribution in [2.45, 2.75) is 20.0 Å². The van der Waals surface area contributed by atoms with Crippen molar-refractivity contribution in [1.29, 1.82) is 0 Å². The van der Waals surface area contributed by atoms with Gasteiger partial charge < -0.3 is 5.32 Å². The monoisotopic (exact) mass is 255 g/mol. The average Bonchev–Trinajstić information content (AvgIpc) is 2.74. The van der Waals surface area contributed by atoms with Crippen LogP contribution < -0.4 is 5.32 Å². The molecule has 2 heterocycles. The van der Waals surface area contributed by atoms with Crippen molar-refractivity contribution in [3.05, 3.63) is 35.4 Å². The summed E-state index contributed by atoms with van der Waals surface area (Å²) in [5.74, 6) is 0. The lowest BCUT2D eigenvalue weighted by atomic mass is 10.2. The highest BCUT2D eigenvalue weighted by Gasteiger charge is 2.02. The van der Waals surface area contributed by atoms with E-state index in [-0.39, 0.29) is 12.4 Å². The second-order valence-corrected chi connectivity index (χ2v) is 4.04. The van der Waals surface area contributed by atoms with E-state index in [9.17, 15) is 0 Å². The van der Waals surface area contributed by atoms with Gasteiger partial charge in [0.1, 0.15) is 0 Å². The number of hydrogen-bond acceptors (Lipinski definition) is 3. The van der Waals surface area contributed by atoms with Crippen molar-refractivity contribution in [3.8, 4) is 0 Å². The Kier molecular flexibility index (Phi) is 4.72. The Morgan fingerprint density at radius 2 is 1.94 bits per heavy atom. The van der Waals surface area contributed by atoms with E-state index in [1.807, 2.05) is 49.0 Å². The minimum Gasteiger partial charge on any atom is -0.308 e. The molecule has 0 atom stereocenters. The van der Waals surface area contributed by atoms with Gasteiger partial charge in [0, 0.05) is 50.7 Å². The van der Waals surface area contributed by atoms with Gasteiger partial charge in [0.25, 0.3) is 0 Å². The fourth-order valence-electron chi connectivity index (χ4n) is 1.73. The lowest BCUT2D eigenvalue weighted by Gasteiger charge is -2.01. The van der Waals surface area contributed by atoms with Crippen LogP contribution in [0.5, 0.6) is 0 Å². The lowest BCUT2D eigenvalue weighted by Crippen LogP contribution is -2.12. The van der Waals surface area contributed by atoms with Crippen LogP contribution in [0, 0.1) is 6.92 Å². The second-order valence-electron chi connectivity index (χ2n) is 4.04. The van der Waals surface area contributed by atoms with Crippen LogP contribution in [0.15, 0.2) is 18.6 Å². The first-order chi connectivity index (χ1) is 7.65. The Morgan fingerprint density at radius 1 is 1.18 bits per heavy atom. The van der Waals surface area contributed by atoms with Gasteiger partial charge in [-0.2, -0.15) is 10.2 Å². The molecule has 0 aromatic carbocycles. The van der Waals surface area contributed by atoms with Gasteiger partial charge in [-0.3, -0.25) is 9.36 Å². The number of nitrogens with zero attached hydrogens (tertiary/aromatic N) is 4. The zero-order chi connectivity index (χ0) is 11.5. The van der Waals surface area contributed by atoms with Crippen LogP contribution in [0.2, 0.25) is 0 Å². The Labute approximate surface area is 107 Å². The molecule has 0 saturated carbocycles. The molecule has 0 bridgehead atoms. The zero-order valence-corrected chi connectivity index (χ0v) is 11.2. The summed E-state index contributed by atoms with van der Waals surface area (Å²) in [5, 5.41) is 11.8. The van der Waals surface area contributed by atoms with Gasteiger partial charge in [-0.25, -0.2) is 0 Å². The molecule has 0 amide bonds. The average molecular weight is 256 g/mol. The Hall–Kier alpha value is -1.33. The highest BCUT2D eigenvalue weighted by Crippen LogP contribution is 2.04. The predicted molar refractivity (Wildman–Crippen MR) is 68.9 cm³/mol. The molecule has 0 aliphatic rings. The highest BCUT2D eigenvalue weighted by molar-refractivity contribution is 5.85. The Balaban J connectivity index is 0.00000144. The third kappa shape index (κ3) is 3.57. The van der Waals surface area contributed by atoms with E-state index < -0.39 is 0 Å². The molecule has 0 unspecified atom stereocenters. The smallest absolute Gasteiger partial charge is 0.0638 e. The maximum Gasteiger partial charge on any atom is 0.0638 e. The summed E-state index contributed by atoms with van der Waals surface area (Å²) >= 11 is 0. The minimum absolute atomic E-state index is 0. The molecule has 0 saturated heterocycles. The van der Waals surface area contributed by atoms with E-state index in [1.54, 1.807) is 0 Å². The Bertz CT molecular complexity index is 474. The predicted octanol–water partition coefficient (Wildman–Crippen LogP) is 1.17. The largest absolute Gasteiger partial charge is 0.308 e. The van der Waals surface area contributed by atoms with Crippen LogP contribution >= 0.6 is 12.4 Å². The summed E-state index contributed by atoms with van der Waals surface area (Å²) < 4.78 is 3.66. The van der Waals surface area contributed by atoms with E-state index in [0.717, 1.165) is 18.8 Å². The summed E-state index contributed by atoms with van der Waals surface area (Å²) in [6.45, 7) is 3.71. The summed E-state index contributed by atoms with van der Waals surface area (Å²) in [6.07, 6.45) is 5.94. The molecule has 0 spiro atoms. The van der Waals surface area contributed by atoms with Crippen LogP contribution in [-0.2, 0) is 27.2 Å². The first kappa shape index (κ1) is 13.7. The molecule has 17 heavy (non-hydrogen) atoms. The molecule has 0 aliphatic carbocycles. The quantitative estimate of drug-likeness (QED) is 0.892. The third-order valence-electron chi connectivity index (χ3n) is 2.52. The number of nitrogens with one attached hydrogen (secondary N) is 1. The summed E-state index contributed by atoms with van der Waals surface area (Å²) in [5.41, 5.74) is 3.52. The summed E-state index contributed by atoms with van der Waals surface area (Å²) in [6, 6.07) is 0. The molecular formula is C11H18ClN5. The molecule has 6 heteroatoms. The molecule has 1 N–H and O–H groups in total. The van der Waals surface area contributed by atoms with Gasteiger partial charge in [0.15, 0.2) is 0 Å². The lowest BCUT2D eigenvalue weighted by molar-refractivity contribution is 0.688. The number of aryl methyl sites for hydroxylation is 3. The first-order valence-corrected chi connectivity index (χ1v) is 5.32. The third-order valence-corrected chi connectivity index (χ3v) is 2.52. The van der Waals surface area contributed by atoms with E-state index in [1.165, 1.54) is 11.1 Å². The van der Waals surface area contributed by atoms with Crippen LogP contribution in [0.3, 0.4) is 0 Å². The maximum absolute atomic E-state index is 4.30. The van der Waals surface area contributed by atoms with E-state index in [4.69, 9.17) is 0 Å². The fraction of sp³-hybridized carbons (Fsp3) is 0.455. The number of halogens is 1. The highest BCUT2D eigenvalue weighted by atomic mass is 35.5. The van der Waals surface area contributed by atoms with Crippen molar-refractivity contribution in [3.63, 3.8) is 0 Å². The topological polar surface area (TPSA) is 47.7 Å². The summed E-state index contributed by atoms with van der Waals surface area (Å²) in [7, 11) is 3.87. The van der Waals surface area contributed by atoms with Gasteiger partial charge in [-0.1, -0.05) is 0 Å². The first-order valence-electron chi connectivity index (χ1n) is 5.32. The van der Waals surface area contributed by atoms with Crippen molar-refractivity contribution < 1.29 is 0 Å². The SMILES string of the molecule is Cc1nn(C)cc1CNCc1cnn(C)c1.Cl. The molecule has 0 aliphatic heterocycles. The minimum atomic E-state index is 0. The number of aromatic nitrogens is 4. The van der Waals surface area contributed by atoms with Gasteiger partial charge in [0.2, 0.25) is 0 Å². The molecule has 2 aromatic rings. The van der Waals surface area contributed by atoms with E-state index in [0.29, 0.717) is 0 Å². The maximum atomic E-state index is 4.30. The van der Waals surface area contributed by atoms with E-state index in [2.05, 4.69) is 15.5 Å². The fourth-order valence-corrected chi connectivity index (χ4v) is 1.73. The van der Waals surface area contributed by atoms with Crippen LogP contribution in [0.1, 0.15) is 16.8 Å². The van der Waals surface area contributed by atoms with Crippen molar-refractivity contribution in [2.75, 3.05) is 0 Å². The van der Waals surface area contributed by atoms with E-state index >= 15 is 0 Å². The molecular weight excluding hydrogens is 238 g/mol. The zero-order valence-electron chi connectivity index (χ0n) is 10.3. The van der Waals surface area contributed by atoms with Crippen LogP contribution in [0.4, 0.5) is 0 Å². The normalized spacial score (nSPS) is 10.3. The molecule has 0 fully saturated rings. The molecule has 5 nitrogen and oxygen atoms in total. The van der Waals surface area contributed by atoms with Crippen molar-refractivity contribution in [1.82, 2.24) is 24.9 Å². The Morgan fingerprint density at radius 3 is 2.47 bits per heavy atom. The van der Waals surface area contributed by atoms with Crippen LogP contribution in [-0.4, -0.2) is 19.6 Å². The van der Waals surface area contributed by atoms with Gasteiger partial charge in [-0.05, 0) is 6.92 Å². The van der Waals surface area contributed by atoms with Gasteiger partial charge in [-0.15, -0.1) is 12.4 Å². The van der Waals surface area contributed by atoms with Crippen molar-refractivity contribution >= 4 is 12.4 Å². The van der Waals surface area contributed by atoms with Crippen LogP contribution in [0.25, 0.3) is 0 Å². The second kappa shape index (κ2) is 5.84. The molecule has 2 aromatic heterocycles. The molecule has 0 radical (unpaired) electrons. The molecule has 94 valence electrons. The summed E-state index contributed by atoms with van der Waals surface area (Å²) in [4.78, 5) is 0. The van der Waals surface area contributed by atoms with Crippen molar-refractivity contribution in [2.24, 2.45) is 14.1 Å². The number of rotatable bonds is 4. The standard InChI is InChI=1S/C11H17N5.ClH/c1-9-11(8-16(3)14-9)6-12-4-10-5-13-15(2)7-10;/h5,7-8,12H,4,6H2,1-3H3;1H.